The average molecular weight is 499 g/mol. The molecule has 2 N–H and O–H groups in total. The lowest BCUT2D eigenvalue weighted by molar-refractivity contribution is -0.119. The average Bonchev–Trinajstić information content (AvgIpc) is 2.93. The summed E-state index contributed by atoms with van der Waals surface area (Å²) in [5.74, 6) is -0.849. The highest BCUT2D eigenvalue weighted by molar-refractivity contribution is 7.89. The normalized spacial score (nSPS) is 12.0. The van der Waals surface area contributed by atoms with Crippen molar-refractivity contribution in [3.8, 4) is 11.1 Å². The maximum Gasteiger partial charge on any atom is 0.252 e. The Kier molecular flexibility index (Phi) is 8.05. The van der Waals surface area contributed by atoms with Crippen LogP contribution < -0.4 is 10.0 Å². The van der Waals surface area contributed by atoms with Crippen LogP contribution in [0.2, 0.25) is 0 Å². The van der Waals surface area contributed by atoms with E-state index in [2.05, 4.69) is 10.0 Å². The van der Waals surface area contributed by atoms with Crippen LogP contribution in [-0.2, 0) is 21.2 Å². The molecular weight excluding hydrogens is 472 g/mol. The molecule has 0 aromatic heterocycles. The van der Waals surface area contributed by atoms with Crippen molar-refractivity contribution in [1.82, 2.24) is 10.0 Å². The van der Waals surface area contributed by atoms with Crippen LogP contribution in [0.25, 0.3) is 11.1 Å². The van der Waals surface area contributed by atoms with Crippen molar-refractivity contribution in [2.45, 2.75) is 17.4 Å². The standard InChI is InChI=1S/C29H26N2O4S/c32-28(21-30-36(34,35)24-16-8-3-9-17-24)27(20-22-12-4-1-5-13-22)31-29(33)26-19-11-10-18-25(26)23-14-6-2-7-15-23/h1-19,27,30H,20-21H2,(H,31,33)/t27-/m0/s1. The number of carbonyl (C=O) groups is 2. The molecular formula is C29H26N2O4S. The SMILES string of the molecule is O=C(N[C@@H](Cc1ccccc1)C(=O)CNS(=O)(=O)c1ccccc1)c1ccccc1-c1ccccc1. The highest BCUT2D eigenvalue weighted by atomic mass is 32.2. The summed E-state index contributed by atoms with van der Waals surface area (Å²) < 4.78 is 27.6. The zero-order chi connectivity index (χ0) is 25.4. The smallest absolute Gasteiger partial charge is 0.252 e. The molecule has 0 unspecified atom stereocenters. The molecule has 0 spiro atoms. The Labute approximate surface area is 211 Å². The number of nitrogens with one attached hydrogen (secondary N) is 2. The molecule has 0 saturated heterocycles. The van der Waals surface area contributed by atoms with Crippen molar-refractivity contribution < 1.29 is 18.0 Å². The van der Waals surface area contributed by atoms with Gasteiger partial charge >= 0.3 is 0 Å². The number of rotatable bonds is 10. The van der Waals surface area contributed by atoms with E-state index in [-0.39, 0.29) is 11.3 Å². The van der Waals surface area contributed by atoms with Crippen LogP contribution in [0.4, 0.5) is 0 Å². The molecule has 182 valence electrons. The Morgan fingerprint density at radius 3 is 1.92 bits per heavy atom. The van der Waals surface area contributed by atoms with Gasteiger partial charge in [-0.3, -0.25) is 9.59 Å². The number of sulfonamides is 1. The van der Waals surface area contributed by atoms with E-state index in [1.54, 1.807) is 30.3 Å². The summed E-state index contributed by atoms with van der Waals surface area (Å²) in [6, 6.07) is 32.9. The molecule has 6 nitrogen and oxygen atoms in total. The van der Waals surface area contributed by atoms with Crippen LogP contribution in [0, 0.1) is 0 Å². The van der Waals surface area contributed by atoms with Crippen molar-refractivity contribution in [3.63, 3.8) is 0 Å². The van der Waals surface area contributed by atoms with Crippen LogP contribution in [0.3, 0.4) is 0 Å². The lowest BCUT2D eigenvalue weighted by Crippen LogP contribution is -2.46. The fourth-order valence-electron chi connectivity index (χ4n) is 3.85. The van der Waals surface area contributed by atoms with Crippen molar-refractivity contribution in [3.05, 3.63) is 126 Å². The Morgan fingerprint density at radius 1 is 0.694 bits per heavy atom. The molecule has 0 heterocycles. The number of ketones is 1. The molecule has 0 aliphatic rings. The molecule has 1 atom stereocenters. The number of benzene rings is 4. The third-order valence-electron chi connectivity index (χ3n) is 5.72. The minimum atomic E-state index is -3.87. The highest BCUT2D eigenvalue weighted by Crippen LogP contribution is 2.23. The minimum Gasteiger partial charge on any atom is -0.342 e. The summed E-state index contributed by atoms with van der Waals surface area (Å²) in [6.07, 6.45) is 0.228. The molecule has 7 heteroatoms. The van der Waals surface area contributed by atoms with E-state index >= 15 is 0 Å². The van der Waals surface area contributed by atoms with E-state index in [1.807, 2.05) is 72.8 Å². The van der Waals surface area contributed by atoms with Gasteiger partial charge in [0.25, 0.3) is 5.91 Å². The zero-order valence-electron chi connectivity index (χ0n) is 19.5. The lowest BCUT2D eigenvalue weighted by Gasteiger charge is -2.19. The largest absolute Gasteiger partial charge is 0.342 e. The van der Waals surface area contributed by atoms with E-state index in [9.17, 15) is 18.0 Å². The number of Topliss-reactive ketones (excluding diaryl/α,β-unsaturated/α-hetero) is 1. The fourth-order valence-corrected chi connectivity index (χ4v) is 4.87. The van der Waals surface area contributed by atoms with Gasteiger partial charge in [0.15, 0.2) is 5.78 Å². The molecule has 0 aliphatic carbocycles. The second-order valence-corrected chi connectivity index (χ2v) is 10.00. The third kappa shape index (κ3) is 6.33. The predicted molar refractivity (Wildman–Crippen MR) is 140 cm³/mol. The van der Waals surface area contributed by atoms with Crippen LogP contribution in [0.5, 0.6) is 0 Å². The van der Waals surface area contributed by atoms with Gasteiger partial charge in [-0.25, -0.2) is 13.1 Å². The molecule has 0 radical (unpaired) electrons. The number of carbonyl (C=O) groups excluding carboxylic acids is 2. The Morgan fingerprint density at radius 2 is 1.25 bits per heavy atom. The summed E-state index contributed by atoms with van der Waals surface area (Å²) in [6.45, 7) is -0.449. The molecule has 4 rings (SSSR count). The first kappa shape index (κ1) is 25.0. The van der Waals surface area contributed by atoms with Crippen molar-refractivity contribution in [1.29, 1.82) is 0 Å². The van der Waals surface area contributed by atoms with Crippen LogP contribution in [0.15, 0.2) is 120 Å². The van der Waals surface area contributed by atoms with Gasteiger partial charge in [-0.1, -0.05) is 97.1 Å². The van der Waals surface area contributed by atoms with Gasteiger partial charge in [-0.2, -0.15) is 0 Å². The monoisotopic (exact) mass is 498 g/mol. The molecule has 4 aromatic rings. The summed E-state index contributed by atoms with van der Waals surface area (Å²) in [5.41, 5.74) is 2.90. The number of hydrogen-bond acceptors (Lipinski definition) is 4. The molecule has 0 fully saturated rings. The van der Waals surface area contributed by atoms with Gasteiger partial charge in [0.1, 0.15) is 0 Å². The van der Waals surface area contributed by atoms with Crippen LogP contribution in [0.1, 0.15) is 15.9 Å². The quantitative estimate of drug-likeness (QED) is 0.342. The summed E-state index contributed by atoms with van der Waals surface area (Å²) in [4.78, 5) is 26.6. The Balaban J connectivity index is 1.56. The second kappa shape index (κ2) is 11.6. The first-order valence-corrected chi connectivity index (χ1v) is 13.0. The maximum absolute atomic E-state index is 13.4. The summed E-state index contributed by atoms with van der Waals surface area (Å²) in [5, 5.41) is 2.84. The zero-order valence-corrected chi connectivity index (χ0v) is 20.3. The van der Waals surface area contributed by atoms with Crippen LogP contribution in [-0.4, -0.2) is 32.7 Å². The second-order valence-electron chi connectivity index (χ2n) is 8.23. The van der Waals surface area contributed by atoms with E-state index in [4.69, 9.17) is 0 Å². The van der Waals surface area contributed by atoms with Gasteiger partial charge in [-0.05, 0) is 41.3 Å². The Bertz CT molecular complexity index is 1420. The lowest BCUT2D eigenvalue weighted by atomic mass is 9.97. The van der Waals surface area contributed by atoms with Gasteiger partial charge in [0, 0.05) is 5.56 Å². The van der Waals surface area contributed by atoms with Crippen molar-refractivity contribution >= 4 is 21.7 Å². The minimum absolute atomic E-state index is 0.0678. The van der Waals surface area contributed by atoms with Gasteiger partial charge in [-0.15, -0.1) is 0 Å². The predicted octanol–water partition coefficient (Wildman–Crippen LogP) is 4.24. The van der Waals surface area contributed by atoms with Gasteiger partial charge in [0.2, 0.25) is 10.0 Å². The van der Waals surface area contributed by atoms with Crippen LogP contribution >= 0.6 is 0 Å². The van der Waals surface area contributed by atoms with Crippen molar-refractivity contribution in [2.75, 3.05) is 6.54 Å². The van der Waals surface area contributed by atoms with Crippen molar-refractivity contribution in [2.24, 2.45) is 0 Å². The first-order valence-electron chi connectivity index (χ1n) is 11.5. The maximum atomic E-state index is 13.4. The summed E-state index contributed by atoms with van der Waals surface area (Å²) in [7, 11) is -3.87. The number of hydrogen-bond donors (Lipinski definition) is 2. The van der Waals surface area contributed by atoms with Gasteiger partial charge in [0.05, 0.1) is 17.5 Å². The molecule has 0 saturated carbocycles. The summed E-state index contributed by atoms with van der Waals surface area (Å²) >= 11 is 0. The highest BCUT2D eigenvalue weighted by Gasteiger charge is 2.25. The number of amides is 1. The van der Waals surface area contributed by atoms with E-state index in [1.165, 1.54) is 12.1 Å². The van der Waals surface area contributed by atoms with Gasteiger partial charge < -0.3 is 5.32 Å². The third-order valence-corrected chi connectivity index (χ3v) is 7.14. The molecule has 0 bridgehead atoms. The van der Waals surface area contributed by atoms with E-state index < -0.39 is 34.3 Å². The fraction of sp³-hybridized carbons (Fsp3) is 0.103. The molecule has 1 amide bonds. The molecule has 0 aliphatic heterocycles. The molecule has 4 aromatic carbocycles. The first-order chi connectivity index (χ1) is 17.4. The molecule has 36 heavy (non-hydrogen) atoms. The van der Waals surface area contributed by atoms with E-state index in [0.717, 1.165) is 16.7 Å². The topological polar surface area (TPSA) is 92.3 Å². The Hall–Kier alpha value is -4.07. The van der Waals surface area contributed by atoms with E-state index in [0.29, 0.717) is 5.56 Å².